The Bertz CT molecular complexity index is 293. The minimum atomic E-state index is -0.829. The van der Waals surface area contributed by atoms with E-state index < -0.39 is 5.97 Å². The van der Waals surface area contributed by atoms with Gasteiger partial charge >= 0.3 is 5.97 Å². The van der Waals surface area contributed by atoms with Gasteiger partial charge in [0, 0.05) is 13.1 Å². The molecule has 0 bridgehead atoms. The smallest absolute Gasteiger partial charge is 0.304 e. The Labute approximate surface area is 122 Å². The van der Waals surface area contributed by atoms with Crippen molar-refractivity contribution in [2.24, 2.45) is 5.92 Å². The number of carboxylic acid groups (broad SMARTS) is 1. The second kappa shape index (κ2) is 10.6. The summed E-state index contributed by atoms with van der Waals surface area (Å²) in [5.74, 6) is -0.445. The molecule has 0 aromatic rings. The van der Waals surface area contributed by atoms with Crippen LogP contribution in [0.2, 0.25) is 0 Å². The third kappa shape index (κ3) is 11.9. The van der Waals surface area contributed by atoms with E-state index in [0.717, 1.165) is 19.5 Å². The van der Waals surface area contributed by atoms with Crippen LogP contribution in [0.15, 0.2) is 0 Å². The summed E-state index contributed by atoms with van der Waals surface area (Å²) >= 11 is 0. The van der Waals surface area contributed by atoms with Crippen molar-refractivity contribution in [2.75, 3.05) is 46.8 Å². The summed E-state index contributed by atoms with van der Waals surface area (Å²) in [4.78, 5) is 26.4. The summed E-state index contributed by atoms with van der Waals surface area (Å²) in [6.45, 7) is 7.09. The molecule has 0 aliphatic heterocycles. The van der Waals surface area contributed by atoms with E-state index in [4.69, 9.17) is 5.11 Å². The molecule has 1 amide bonds. The van der Waals surface area contributed by atoms with Crippen molar-refractivity contribution in [1.82, 2.24) is 15.1 Å². The lowest BCUT2D eigenvalue weighted by Gasteiger charge is -2.22. The zero-order chi connectivity index (χ0) is 15.5. The van der Waals surface area contributed by atoms with Crippen LogP contribution in [0.4, 0.5) is 0 Å². The van der Waals surface area contributed by atoms with Gasteiger partial charge in [0.25, 0.3) is 0 Å². The highest BCUT2D eigenvalue weighted by Gasteiger charge is 2.12. The average molecular weight is 287 g/mol. The maximum Gasteiger partial charge on any atom is 0.304 e. The van der Waals surface area contributed by atoms with Crippen molar-refractivity contribution >= 4 is 11.9 Å². The van der Waals surface area contributed by atoms with E-state index in [9.17, 15) is 9.59 Å². The van der Waals surface area contributed by atoms with Crippen LogP contribution in [0, 0.1) is 5.92 Å². The Hall–Kier alpha value is -1.14. The van der Waals surface area contributed by atoms with Crippen molar-refractivity contribution in [2.45, 2.75) is 26.7 Å². The topological polar surface area (TPSA) is 72.9 Å². The van der Waals surface area contributed by atoms with E-state index in [0.29, 0.717) is 19.0 Å². The maximum atomic E-state index is 11.8. The summed E-state index contributed by atoms with van der Waals surface area (Å²) in [6.07, 6.45) is 0.990. The molecule has 0 heterocycles. The van der Waals surface area contributed by atoms with E-state index in [1.807, 2.05) is 32.8 Å². The van der Waals surface area contributed by atoms with Gasteiger partial charge in [0.05, 0.1) is 13.0 Å². The number of nitrogens with one attached hydrogen (secondary N) is 1. The van der Waals surface area contributed by atoms with Crippen LogP contribution in [0.5, 0.6) is 0 Å². The molecular formula is C14H29N3O3. The molecule has 0 aliphatic rings. The van der Waals surface area contributed by atoms with Crippen molar-refractivity contribution in [1.29, 1.82) is 0 Å². The lowest BCUT2D eigenvalue weighted by atomic mass is 10.2. The van der Waals surface area contributed by atoms with Crippen LogP contribution >= 0.6 is 0 Å². The fourth-order valence-corrected chi connectivity index (χ4v) is 1.71. The van der Waals surface area contributed by atoms with E-state index in [2.05, 4.69) is 10.2 Å². The molecule has 0 saturated heterocycles. The van der Waals surface area contributed by atoms with Crippen LogP contribution in [0.3, 0.4) is 0 Å². The molecule has 20 heavy (non-hydrogen) atoms. The normalized spacial score (nSPS) is 11.3. The molecule has 0 fully saturated rings. The fourth-order valence-electron chi connectivity index (χ4n) is 1.71. The second-order valence-corrected chi connectivity index (χ2v) is 5.77. The van der Waals surface area contributed by atoms with Gasteiger partial charge in [-0.3, -0.25) is 14.5 Å². The minimum absolute atomic E-state index is 0.0334. The number of nitrogens with zero attached hydrogens (tertiary/aromatic N) is 2. The van der Waals surface area contributed by atoms with E-state index in [-0.39, 0.29) is 18.9 Å². The van der Waals surface area contributed by atoms with Crippen LogP contribution in [-0.4, -0.2) is 73.6 Å². The molecule has 0 aromatic heterocycles. The molecule has 0 radical (unpaired) electrons. The van der Waals surface area contributed by atoms with Gasteiger partial charge in [-0.15, -0.1) is 0 Å². The molecule has 0 atom stereocenters. The number of amides is 1. The Kier molecular flexibility index (Phi) is 10.0. The largest absolute Gasteiger partial charge is 0.481 e. The van der Waals surface area contributed by atoms with Gasteiger partial charge in [0.2, 0.25) is 5.91 Å². The highest BCUT2D eigenvalue weighted by Crippen LogP contribution is 1.96. The Morgan fingerprint density at radius 2 is 1.80 bits per heavy atom. The number of hydrogen-bond donors (Lipinski definition) is 2. The van der Waals surface area contributed by atoms with E-state index >= 15 is 0 Å². The first-order chi connectivity index (χ1) is 9.31. The van der Waals surface area contributed by atoms with Crippen molar-refractivity contribution < 1.29 is 14.7 Å². The minimum Gasteiger partial charge on any atom is -0.481 e. The zero-order valence-corrected chi connectivity index (χ0v) is 13.2. The first-order valence-electron chi connectivity index (χ1n) is 7.16. The summed E-state index contributed by atoms with van der Waals surface area (Å²) in [7, 11) is 3.99. The molecule has 2 N–H and O–H groups in total. The molecular weight excluding hydrogens is 258 g/mol. The highest BCUT2D eigenvalue weighted by molar-refractivity contribution is 5.78. The van der Waals surface area contributed by atoms with Gasteiger partial charge in [0.1, 0.15) is 0 Å². The standard InChI is InChI=1S/C14H29N3O3/c1-12(2)10-15-13(18)11-17(9-6-14(19)20)8-5-7-16(3)4/h12H,5-11H2,1-4H3,(H,15,18)(H,19,20). The fraction of sp³-hybridized carbons (Fsp3) is 0.857. The quantitative estimate of drug-likeness (QED) is 0.578. The van der Waals surface area contributed by atoms with Gasteiger partial charge in [-0.05, 0) is 39.5 Å². The number of carbonyl (C=O) groups is 2. The lowest BCUT2D eigenvalue weighted by molar-refractivity contribution is -0.137. The van der Waals surface area contributed by atoms with Gasteiger partial charge in [-0.2, -0.15) is 0 Å². The van der Waals surface area contributed by atoms with Crippen molar-refractivity contribution in [3.05, 3.63) is 0 Å². The first-order valence-corrected chi connectivity index (χ1v) is 7.16. The third-order valence-electron chi connectivity index (χ3n) is 2.80. The van der Waals surface area contributed by atoms with E-state index in [1.54, 1.807) is 0 Å². The van der Waals surface area contributed by atoms with Crippen molar-refractivity contribution in [3.63, 3.8) is 0 Å². The van der Waals surface area contributed by atoms with Gasteiger partial charge in [-0.1, -0.05) is 13.8 Å². The summed E-state index contributed by atoms with van der Waals surface area (Å²) in [5, 5.41) is 11.6. The lowest BCUT2D eigenvalue weighted by Crippen LogP contribution is -2.40. The molecule has 118 valence electrons. The second-order valence-electron chi connectivity index (χ2n) is 5.77. The van der Waals surface area contributed by atoms with Crippen LogP contribution in [0.1, 0.15) is 26.7 Å². The van der Waals surface area contributed by atoms with Crippen LogP contribution in [0.25, 0.3) is 0 Å². The SMILES string of the molecule is CC(C)CNC(=O)CN(CCCN(C)C)CCC(=O)O. The number of hydrogen-bond acceptors (Lipinski definition) is 4. The molecule has 6 heteroatoms. The Morgan fingerprint density at radius 3 is 2.30 bits per heavy atom. The predicted molar refractivity (Wildman–Crippen MR) is 79.7 cm³/mol. The highest BCUT2D eigenvalue weighted by atomic mass is 16.4. The number of rotatable bonds is 11. The van der Waals surface area contributed by atoms with Gasteiger partial charge in [-0.25, -0.2) is 0 Å². The molecule has 0 unspecified atom stereocenters. The molecule has 0 saturated carbocycles. The number of carboxylic acids is 1. The van der Waals surface area contributed by atoms with Gasteiger partial charge < -0.3 is 15.3 Å². The number of aliphatic carboxylic acids is 1. The zero-order valence-electron chi connectivity index (χ0n) is 13.2. The summed E-state index contributed by atoms with van der Waals surface area (Å²) in [5.41, 5.74) is 0. The summed E-state index contributed by atoms with van der Waals surface area (Å²) < 4.78 is 0. The third-order valence-corrected chi connectivity index (χ3v) is 2.80. The summed E-state index contributed by atoms with van der Waals surface area (Å²) in [6, 6.07) is 0. The Balaban J connectivity index is 4.14. The maximum absolute atomic E-state index is 11.8. The molecule has 6 nitrogen and oxygen atoms in total. The molecule has 0 aromatic carbocycles. The molecule has 0 rings (SSSR count). The average Bonchev–Trinajstić information content (AvgIpc) is 2.32. The first kappa shape index (κ1) is 18.9. The van der Waals surface area contributed by atoms with Crippen LogP contribution < -0.4 is 5.32 Å². The van der Waals surface area contributed by atoms with Crippen LogP contribution in [-0.2, 0) is 9.59 Å². The molecule has 0 aliphatic carbocycles. The Morgan fingerprint density at radius 1 is 1.15 bits per heavy atom. The molecule has 0 spiro atoms. The number of carbonyl (C=O) groups excluding carboxylic acids is 1. The monoisotopic (exact) mass is 287 g/mol. The van der Waals surface area contributed by atoms with Gasteiger partial charge in [0.15, 0.2) is 0 Å². The van der Waals surface area contributed by atoms with Crippen molar-refractivity contribution in [3.8, 4) is 0 Å². The predicted octanol–water partition coefficient (Wildman–Crippen LogP) is 0.487. The van der Waals surface area contributed by atoms with E-state index in [1.165, 1.54) is 0 Å².